The van der Waals surface area contributed by atoms with Gasteiger partial charge in [-0.3, -0.25) is 0 Å². The zero-order valence-corrected chi connectivity index (χ0v) is 33.5. The molecule has 1 aromatic heterocycles. The highest BCUT2D eigenvalue weighted by molar-refractivity contribution is 7.20. The zero-order valence-electron chi connectivity index (χ0n) is 32.7. The molecule has 0 unspecified atom stereocenters. The molecule has 0 amide bonds. The van der Waals surface area contributed by atoms with E-state index in [0.29, 0.717) is 0 Å². The van der Waals surface area contributed by atoms with Crippen LogP contribution in [-0.4, -0.2) is 0 Å². The highest BCUT2D eigenvalue weighted by Crippen LogP contribution is 2.57. The average Bonchev–Trinajstić information content (AvgIpc) is 3.67. The number of thiophene rings is 1. The van der Waals surface area contributed by atoms with Crippen LogP contribution >= 0.6 is 11.3 Å². The molecule has 0 saturated heterocycles. The Hall–Kier alpha value is -6.02. The first-order valence-corrected chi connectivity index (χ1v) is 20.7. The lowest BCUT2D eigenvalue weighted by molar-refractivity contribution is 0.666. The third-order valence-electron chi connectivity index (χ3n) is 12.3. The van der Waals surface area contributed by atoms with Gasteiger partial charge >= 0.3 is 0 Å². The maximum Gasteiger partial charge on any atom is 0.0433 e. The largest absolute Gasteiger partial charge is 0.139 e. The van der Waals surface area contributed by atoms with Gasteiger partial charge < -0.3 is 0 Å². The molecule has 0 radical (unpaired) electrons. The van der Waals surface area contributed by atoms with Crippen LogP contribution in [0, 0.1) is 6.92 Å². The van der Waals surface area contributed by atoms with Crippen LogP contribution in [0.25, 0.3) is 87.1 Å². The van der Waals surface area contributed by atoms with Crippen molar-refractivity contribution in [3.8, 4) is 22.3 Å². The van der Waals surface area contributed by atoms with Crippen molar-refractivity contribution in [1.82, 2.24) is 0 Å². The Balaban J connectivity index is 1.16. The zero-order chi connectivity index (χ0) is 38.1. The van der Waals surface area contributed by atoms with Crippen molar-refractivity contribution >= 4 is 76.2 Å². The molecule has 270 valence electrons. The highest BCUT2D eigenvalue weighted by Gasteiger charge is 2.41. The maximum atomic E-state index is 2.52. The summed E-state index contributed by atoms with van der Waals surface area (Å²) in [6.45, 7) is 11.5. The summed E-state index contributed by atoms with van der Waals surface area (Å²) in [5, 5.41) is 11.8. The number of rotatable bonds is 5. The second-order valence-electron chi connectivity index (χ2n) is 15.8. The molecule has 9 aromatic rings. The molecule has 0 bridgehead atoms. The second kappa shape index (κ2) is 13.3. The third-order valence-corrected chi connectivity index (χ3v) is 13.5. The molecule has 0 nitrogen and oxygen atoms in total. The van der Waals surface area contributed by atoms with Crippen LogP contribution in [0.15, 0.2) is 163 Å². The first kappa shape index (κ1) is 34.5. The molecule has 0 saturated carbocycles. The van der Waals surface area contributed by atoms with Crippen LogP contribution in [0.3, 0.4) is 0 Å². The molecular formula is C55H44S. The van der Waals surface area contributed by atoms with Crippen LogP contribution in [-0.2, 0) is 11.8 Å². The molecule has 8 aromatic carbocycles. The first-order valence-electron chi connectivity index (χ1n) is 19.9. The maximum absolute atomic E-state index is 2.52. The Morgan fingerprint density at radius 1 is 0.589 bits per heavy atom. The third kappa shape index (κ3) is 5.11. The normalized spacial score (nSPS) is 15.4. The second-order valence-corrected chi connectivity index (χ2v) is 17.0. The van der Waals surface area contributed by atoms with Gasteiger partial charge in [0.05, 0.1) is 0 Å². The number of benzene rings is 8. The topological polar surface area (TPSA) is 0 Å². The SMILES string of the molecule is C/C=C\c1c(C)sc2c1c1c(c3ccccc32)C(=C/Cc2cccc(-c3c4ccccc4c(-c4cccc5ccccc45)c4ccccc34)c2)/C(=C\C)C1(C)C. The van der Waals surface area contributed by atoms with E-state index in [0.717, 1.165) is 6.42 Å². The van der Waals surface area contributed by atoms with Gasteiger partial charge in [-0.2, -0.15) is 0 Å². The summed E-state index contributed by atoms with van der Waals surface area (Å²) in [7, 11) is 0. The Morgan fingerprint density at radius 2 is 1.16 bits per heavy atom. The van der Waals surface area contributed by atoms with E-state index in [-0.39, 0.29) is 5.41 Å². The minimum Gasteiger partial charge on any atom is -0.139 e. The molecule has 1 heteroatoms. The molecule has 0 aliphatic heterocycles. The van der Waals surface area contributed by atoms with Crippen molar-refractivity contribution in [1.29, 1.82) is 0 Å². The van der Waals surface area contributed by atoms with Gasteiger partial charge in [0.15, 0.2) is 0 Å². The number of allylic oxidation sites excluding steroid dienone is 5. The van der Waals surface area contributed by atoms with Crippen LogP contribution in [0.1, 0.15) is 54.8 Å². The van der Waals surface area contributed by atoms with Gasteiger partial charge in [-0.15, -0.1) is 11.3 Å². The number of aryl methyl sites for hydroxylation is 1. The van der Waals surface area contributed by atoms with Crippen molar-refractivity contribution in [2.75, 3.05) is 0 Å². The number of fused-ring (bicyclic) bond motifs is 9. The van der Waals surface area contributed by atoms with Crippen molar-refractivity contribution < 1.29 is 0 Å². The van der Waals surface area contributed by atoms with Crippen LogP contribution in [0.5, 0.6) is 0 Å². The summed E-state index contributed by atoms with van der Waals surface area (Å²) in [5.41, 5.74) is 13.4. The lowest BCUT2D eigenvalue weighted by Crippen LogP contribution is -2.15. The Kier molecular flexibility index (Phi) is 8.20. The van der Waals surface area contributed by atoms with Crippen molar-refractivity contribution in [2.24, 2.45) is 0 Å². The van der Waals surface area contributed by atoms with Crippen molar-refractivity contribution in [3.63, 3.8) is 0 Å². The molecule has 10 rings (SSSR count). The van der Waals surface area contributed by atoms with E-state index in [2.05, 4.69) is 198 Å². The van der Waals surface area contributed by atoms with E-state index in [1.54, 1.807) is 0 Å². The fraction of sp³-hybridized carbons (Fsp3) is 0.127. The van der Waals surface area contributed by atoms with Gasteiger partial charge in [0.1, 0.15) is 0 Å². The molecule has 0 atom stereocenters. The van der Waals surface area contributed by atoms with Crippen molar-refractivity contribution in [3.05, 3.63) is 190 Å². The Bertz CT molecular complexity index is 3100. The summed E-state index contributed by atoms with van der Waals surface area (Å²) < 4.78 is 1.41. The van der Waals surface area contributed by atoms with Gasteiger partial charge in [0.2, 0.25) is 0 Å². The molecule has 1 aliphatic carbocycles. The molecule has 56 heavy (non-hydrogen) atoms. The molecule has 0 spiro atoms. The van der Waals surface area contributed by atoms with E-state index in [4.69, 9.17) is 0 Å². The van der Waals surface area contributed by atoms with Gasteiger partial charge in [-0.25, -0.2) is 0 Å². The molecule has 0 N–H and O–H groups in total. The lowest BCUT2D eigenvalue weighted by atomic mass is 9.79. The predicted octanol–water partition coefficient (Wildman–Crippen LogP) is 16.1. The molecule has 0 fully saturated rings. The summed E-state index contributed by atoms with van der Waals surface area (Å²) >= 11 is 1.95. The molecular weight excluding hydrogens is 693 g/mol. The van der Waals surface area contributed by atoms with E-state index in [9.17, 15) is 0 Å². The van der Waals surface area contributed by atoms with Gasteiger partial charge in [-0.05, 0) is 121 Å². The summed E-state index contributed by atoms with van der Waals surface area (Å²) in [4.78, 5) is 1.38. The first-order chi connectivity index (χ1) is 27.4. The number of hydrogen-bond acceptors (Lipinski definition) is 1. The fourth-order valence-electron chi connectivity index (χ4n) is 10.0. The summed E-state index contributed by atoms with van der Waals surface area (Å²) in [6, 6.07) is 51.9. The van der Waals surface area contributed by atoms with Crippen LogP contribution in [0.4, 0.5) is 0 Å². The van der Waals surface area contributed by atoms with Gasteiger partial charge in [-0.1, -0.05) is 178 Å². The predicted molar refractivity (Wildman–Crippen MR) is 247 cm³/mol. The van der Waals surface area contributed by atoms with Crippen LogP contribution < -0.4 is 0 Å². The van der Waals surface area contributed by atoms with Crippen LogP contribution in [0.2, 0.25) is 0 Å². The monoisotopic (exact) mass is 736 g/mol. The lowest BCUT2D eigenvalue weighted by Gasteiger charge is -2.23. The summed E-state index contributed by atoms with van der Waals surface area (Å²) in [5.74, 6) is 0. The van der Waals surface area contributed by atoms with E-state index in [1.807, 2.05) is 11.3 Å². The smallest absolute Gasteiger partial charge is 0.0433 e. The standard InChI is InChI=1S/C55H44S/c1-6-18-38-34(3)56-54-46-29-15-14-28-45(46)51-47(48(7-2)55(4,5)53(51)52(38)54)32-31-35-19-16-22-37(33-35)49-41-24-10-12-26-43(41)50(44-27-13-11-25-42(44)49)40-30-17-21-36-20-8-9-23-39(36)40/h6-30,32-33H,31H2,1-5H3/b18-6-,47-32+,48-7+. The molecule has 1 heterocycles. The van der Waals surface area contributed by atoms with Crippen molar-refractivity contribution in [2.45, 2.75) is 46.5 Å². The van der Waals surface area contributed by atoms with E-state index in [1.165, 1.54) is 114 Å². The van der Waals surface area contributed by atoms with Gasteiger partial charge in [0.25, 0.3) is 0 Å². The fourth-order valence-corrected chi connectivity index (χ4v) is 11.2. The molecule has 1 aliphatic rings. The van der Waals surface area contributed by atoms with Gasteiger partial charge in [0, 0.05) is 25.8 Å². The summed E-state index contributed by atoms with van der Waals surface area (Å²) in [6.07, 6.45) is 10.3. The minimum atomic E-state index is -0.131. The Labute approximate surface area is 333 Å². The minimum absolute atomic E-state index is 0.131. The number of hydrogen-bond donors (Lipinski definition) is 0. The Morgan fingerprint density at radius 3 is 1.82 bits per heavy atom. The van der Waals surface area contributed by atoms with E-state index < -0.39 is 0 Å². The quantitative estimate of drug-likeness (QED) is 0.154. The average molecular weight is 737 g/mol. The van der Waals surface area contributed by atoms with E-state index >= 15 is 0 Å². The highest BCUT2D eigenvalue weighted by atomic mass is 32.1.